The number of benzene rings is 1. The molecule has 2 heterocycles. The maximum atomic E-state index is 12.5. The number of rotatable bonds is 3. The van der Waals surface area contributed by atoms with Crippen molar-refractivity contribution < 1.29 is 17.6 Å². The molecule has 0 unspecified atom stereocenters. The zero-order chi connectivity index (χ0) is 15.7. The van der Waals surface area contributed by atoms with E-state index in [1.807, 2.05) is 4.72 Å². The van der Waals surface area contributed by atoms with Gasteiger partial charge < -0.3 is 4.42 Å². The predicted octanol–water partition coefficient (Wildman–Crippen LogP) is 2.25. The van der Waals surface area contributed by atoms with Gasteiger partial charge in [-0.15, -0.1) is 0 Å². The Labute approximate surface area is 126 Å². The molecule has 7 heteroatoms. The molecule has 0 atom stereocenters. The lowest BCUT2D eigenvalue weighted by atomic mass is 10.2. The lowest BCUT2D eigenvalue weighted by Crippen LogP contribution is -2.31. The van der Waals surface area contributed by atoms with Crippen LogP contribution in [-0.4, -0.2) is 19.3 Å². The van der Waals surface area contributed by atoms with Crippen molar-refractivity contribution in [1.82, 2.24) is 9.71 Å². The Morgan fingerprint density at radius 1 is 1.18 bits per heavy atom. The minimum absolute atomic E-state index is 0.0416. The normalized spacial score (nSPS) is 11.5. The number of nitrogens with one attached hydrogen (secondary N) is 1. The van der Waals surface area contributed by atoms with Crippen molar-refractivity contribution in [3.8, 4) is 0 Å². The fourth-order valence-electron chi connectivity index (χ4n) is 2.15. The van der Waals surface area contributed by atoms with Gasteiger partial charge in [-0.05, 0) is 25.1 Å². The first kappa shape index (κ1) is 14.3. The zero-order valence-electron chi connectivity index (χ0n) is 11.6. The van der Waals surface area contributed by atoms with Gasteiger partial charge in [0.05, 0.1) is 17.3 Å². The molecule has 0 bridgehead atoms. The molecule has 3 aromatic rings. The molecule has 2 aromatic heterocycles. The van der Waals surface area contributed by atoms with E-state index in [2.05, 4.69) is 4.98 Å². The lowest BCUT2D eigenvalue weighted by molar-refractivity contribution is 0.0980. The number of hydrogen-bond acceptors (Lipinski definition) is 5. The number of fused-ring (bicyclic) bond motifs is 1. The van der Waals surface area contributed by atoms with Gasteiger partial charge in [0.2, 0.25) is 0 Å². The van der Waals surface area contributed by atoms with Crippen molar-refractivity contribution >= 4 is 26.8 Å². The molecule has 22 heavy (non-hydrogen) atoms. The van der Waals surface area contributed by atoms with E-state index in [4.69, 9.17) is 4.42 Å². The summed E-state index contributed by atoms with van der Waals surface area (Å²) in [6.07, 6.45) is 2.83. The van der Waals surface area contributed by atoms with Crippen LogP contribution in [0.1, 0.15) is 16.1 Å². The molecular weight excluding hydrogens is 304 g/mol. The third kappa shape index (κ3) is 2.46. The lowest BCUT2D eigenvalue weighted by Gasteiger charge is -2.08. The van der Waals surface area contributed by atoms with Crippen LogP contribution in [0.5, 0.6) is 0 Å². The molecule has 1 amide bonds. The van der Waals surface area contributed by atoms with Gasteiger partial charge in [-0.2, -0.15) is 0 Å². The Bertz CT molecular complexity index is 955. The first-order valence-electron chi connectivity index (χ1n) is 6.44. The number of sulfonamides is 1. The van der Waals surface area contributed by atoms with E-state index in [0.29, 0.717) is 16.7 Å². The summed E-state index contributed by atoms with van der Waals surface area (Å²) in [4.78, 5) is 16.1. The van der Waals surface area contributed by atoms with Crippen LogP contribution >= 0.6 is 0 Å². The summed E-state index contributed by atoms with van der Waals surface area (Å²) in [6, 6.07) is 9.65. The molecule has 0 aliphatic heterocycles. The number of carbonyl (C=O) groups excluding carboxylic acids is 1. The van der Waals surface area contributed by atoms with Crippen molar-refractivity contribution in [3.63, 3.8) is 0 Å². The van der Waals surface area contributed by atoms with E-state index in [1.165, 1.54) is 24.6 Å². The Kier molecular flexibility index (Phi) is 3.42. The van der Waals surface area contributed by atoms with E-state index >= 15 is 0 Å². The van der Waals surface area contributed by atoms with Crippen LogP contribution in [0, 0.1) is 6.92 Å². The molecule has 1 aromatic carbocycles. The third-order valence-corrected chi connectivity index (χ3v) is 4.58. The molecule has 1 N–H and O–H groups in total. The summed E-state index contributed by atoms with van der Waals surface area (Å²) in [5, 5.41) is 0.678. The van der Waals surface area contributed by atoms with Crippen LogP contribution in [-0.2, 0) is 10.0 Å². The SMILES string of the molecule is Cc1occc1C(=O)NS(=O)(=O)c1cccc2cccnc12. The monoisotopic (exact) mass is 316 g/mol. The highest BCUT2D eigenvalue weighted by Crippen LogP contribution is 2.21. The number of hydrogen-bond donors (Lipinski definition) is 1. The van der Waals surface area contributed by atoms with Gasteiger partial charge in [-0.3, -0.25) is 9.78 Å². The van der Waals surface area contributed by atoms with Crippen LogP contribution in [0.15, 0.2) is 58.2 Å². The number of amides is 1. The number of para-hydroxylation sites is 1. The predicted molar refractivity (Wildman–Crippen MR) is 79.8 cm³/mol. The Hall–Kier alpha value is -2.67. The van der Waals surface area contributed by atoms with Crippen LogP contribution in [0.2, 0.25) is 0 Å². The number of pyridine rings is 1. The van der Waals surface area contributed by atoms with Gasteiger partial charge in [-0.25, -0.2) is 13.1 Å². The van der Waals surface area contributed by atoms with E-state index in [0.717, 1.165) is 0 Å². The van der Waals surface area contributed by atoms with Crippen LogP contribution in [0.25, 0.3) is 10.9 Å². The molecule has 0 fully saturated rings. The average Bonchev–Trinajstić information content (AvgIpc) is 2.92. The van der Waals surface area contributed by atoms with Gasteiger partial charge in [0.15, 0.2) is 0 Å². The number of nitrogens with zero attached hydrogens (tertiary/aromatic N) is 1. The molecule has 0 radical (unpaired) electrons. The van der Waals surface area contributed by atoms with Gasteiger partial charge >= 0.3 is 0 Å². The highest BCUT2D eigenvalue weighted by molar-refractivity contribution is 7.90. The fourth-order valence-corrected chi connectivity index (χ4v) is 3.29. The maximum Gasteiger partial charge on any atom is 0.268 e. The zero-order valence-corrected chi connectivity index (χ0v) is 12.4. The number of carbonyl (C=O) groups is 1. The second kappa shape index (κ2) is 5.27. The summed E-state index contributed by atoms with van der Waals surface area (Å²) in [5.74, 6) is -0.386. The number of furan rings is 1. The second-order valence-electron chi connectivity index (χ2n) is 4.66. The molecule has 0 aliphatic carbocycles. The van der Waals surface area contributed by atoms with Crippen LogP contribution in [0.3, 0.4) is 0 Å². The molecule has 0 aliphatic rings. The summed E-state index contributed by atoms with van der Waals surface area (Å²) in [7, 11) is -4.03. The standard InChI is InChI=1S/C15H12N2O4S/c1-10-12(7-9-21-10)15(18)17-22(19,20)13-6-2-4-11-5-3-8-16-14(11)13/h2-9H,1H3,(H,17,18). The van der Waals surface area contributed by atoms with E-state index in [1.54, 1.807) is 31.2 Å². The number of aryl methyl sites for hydroxylation is 1. The van der Waals surface area contributed by atoms with E-state index in [-0.39, 0.29) is 10.5 Å². The maximum absolute atomic E-state index is 12.5. The molecule has 0 saturated heterocycles. The molecule has 3 rings (SSSR count). The smallest absolute Gasteiger partial charge is 0.268 e. The van der Waals surface area contributed by atoms with Crippen LogP contribution in [0.4, 0.5) is 0 Å². The Morgan fingerprint density at radius 2 is 1.95 bits per heavy atom. The quantitative estimate of drug-likeness (QED) is 0.800. The second-order valence-corrected chi connectivity index (χ2v) is 6.31. The Morgan fingerprint density at radius 3 is 2.68 bits per heavy atom. The minimum Gasteiger partial charge on any atom is -0.469 e. The van der Waals surface area contributed by atoms with E-state index < -0.39 is 15.9 Å². The molecular formula is C15H12N2O4S. The van der Waals surface area contributed by atoms with Crippen molar-refractivity contribution in [1.29, 1.82) is 0 Å². The average molecular weight is 316 g/mol. The number of aromatic nitrogens is 1. The van der Waals surface area contributed by atoms with Gasteiger partial charge in [0.25, 0.3) is 15.9 Å². The summed E-state index contributed by atoms with van der Waals surface area (Å²) in [6.45, 7) is 1.58. The largest absolute Gasteiger partial charge is 0.469 e. The van der Waals surface area contributed by atoms with E-state index in [9.17, 15) is 13.2 Å². The summed E-state index contributed by atoms with van der Waals surface area (Å²) >= 11 is 0. The van der Waals surface area contributed by atoms with Crippen molar-refractivity contribution in [2.45, 2.75) is 11.8 Å². The van der Waals surface area contributed by atoms with Crippen molar-refractivity contribution in [2.75, 3.05) is 0 Å². The fraction of sp³-hybridized carbons (Fsp3) is 0.0667. The molecule has 0 saturated carbocycles. The summed E-state index contributed by atoms with van der Waals surface area (Å²) < 4.78 is 32.0. The first-order chi connectivity index (χ1) is 10.5. The highest BCUT2D eigenvalue weighted by Gasteiger charge is 2.23. The Balaban J connectivity index is 2.02. The molecule has 0 spiro atoms. The molecule has 112 valence electrons. The minimum atomic E-state index is -4.03. The van der Waals surface area contributed by atoms with Crippen molar-refractivity contribution in [3.05, 3.63) is 60.2 Å². The highest BCUT2D eigenvalue weighted by atomic mass is 32.2. The van der Waals surface area contributed by atoms with Crippen LogP contribution < -0.4 is 4.72 Å². The summed E-state index contributed by atoms with van der Waals surface area (Å²) in [5.41, 5.74) is 0.492. The van der Waals surface area contributed by atoms with Gasteiger partial charge in [-0.1, -0.05) is 18.2 Å². The third-order valence-electron chi connectivity index (χ3n) is 3.22. The molecule has 6 nitrogen and oxygen atoms in total. The van der Waals surface area contributed by atoms with Gasteiger partial charge in [0.1, 0.15) is 10.7 Å². The topological polar surface area (TPSA) is 89.3 Å². The van der Waals surface area contributed by atoms with Gasteiger partial charge in [0, 0.05) is 11.6 Å². The first-order valence-corrected chi connectivity index (χ1v) is 7.92. The van der Waals surface area contributed by atoms with Crippen molar-refractivity contribution in [2.24, 2.45) is 0 Å².